The van der Waals surface area contributed by atoms with E-state index in [1.807, 2.05) is 11.9 Å². The first kappa shape index (κ1) is 19.3. The number of nitrogens with zero attached hydrogens (tertiary/aromatic N) is 2. The summed E-state index contributed by atoms with van der Waals surface area (Å²) in [6.45, 7) is 0.410. The van der Waals surface area contributed by atoms with Crippen molar-refractivity contribution in [1.29, 1.82) is 0 Å². The first-order valence-corrected chi connectivity index (χ1v) is 10.6. The molecule has 1 aromatic heterocycles. The maximum Gasteiger partial charge on any atom is 0.269 e. The van der Waals surface area contributed by atoms with E-state index in [1.165, 1.54) is 12.1 Å². The molecule has 0 aliphatic carbocycles. The highest BCUT2D eigenvalue weighted by Crippen LogP contribution is 2.23. The molecule has 1 unspecified atom stereocenters. The molecule has 1 saturated heterocycles. The lowest BCUT2D eigenvalue weighted by atomic mass is 10.1. The third-order valence-electron chi connectivity index (χ3n) is 4.75. The molecule has 1 aliphatic rings. The van der Waals surface area contributed by atoms with Crippen LogP contribution in [0.25, 0.3) is 0 Å². The van der Waals surface area contributed by atoms with Crippen molar-refractivity contribution in [1.82, 2.24) is 10.3 Å². The second kappa shape index (κ2) is 8.04. The Hall–Kier alpha value is -2.48. The van der Waals surface area contributed by atoms with Crippen molar-refractivity contribution in [2.75, 3.05) is 30.0 Å². The summed E-state index contributed by atoms with van der Waals surface area (Å²) in [5.41, 5.74) is 1.97. The van der Waals surface area contributed by atoms with Gasteiger partial charge in [-0.15, -0.1) is 0 Å². The fourth-order valence-corrected chi connectivity index (χ4v) is 4.89. The van der Waals surface area contributed by atoms with Crippen LogP contribution in [0.3, 0.4) is 0 Å². The van der Waals surface area contributed by atoms with E-state index in [0.717, 1.165) is 11.3 Å². The van der Waals surface area contributed by atoms with Crippen LogP contribution in [0.15, 0.2) is 42.6 Å². The molecule has 0 saturated carbocycles. The Labute approximate surface area is 158 Å². The van der Waals surface area contributed by atoms with Gasteiger partial charge in [0.05, 0.1) is 11.5 Å². The quantitative estimate of drug-likeness (QED) is 0.813. The number of hydrogen-bond donors (Lipinski definition) is 1. The average molecular weight is 391 g/mol. The molecule has 3 rings (SSSR count). The molecule has 0 radical (unpaired) electrons. The molecular formula is C19H22FN3O3S. The fraction of sp³-hybridized carbons (Fsp3) is 0.368. The summed E-state index contributed by atoms with van der Waals surface area (Å²) < 4.78 is 36.3. The molecule has 144 valence electrons. The van der Waals surface area contributed by atoms with Gasteiger partial charge in [-0.2, -0.15) is 0 Å². The lowest BCUT2D eigenvalue weighted by Crippen LogP contribution is -2.33. The van der Waals surface area contributed by atoms with Gasteiger partial charge in [-0.05, 0) is 42.7 Å². The monoisotopic (exact) mass is 391 g/mol. The summed E-state index contributed by atoms with van der Waals surface area (Å²) in [6, 6.07) is 9.49. The SMILES string of the molecule is CN(c1ccnc(C(=O)NCCc2ccc(F)cc2)c1)C1CCS(=O)(=O)C1. The number of carbonyl (C=O) groups excluding carboxylic acids is 1. The Morgan fingerprint density at radius 1 is 1.30 bits per heavy atom. The van der Waals surface area contributed by atoms with Gasteiger partial charge < -0.3 is 10.2 Å². The van der Waals surface area contributed by atoms with Gasteiger partial charge in [0, 0.05) is 31.5 Å². The van der Waals surface area contributed by atoms with Crippen molar-refractivity contribution in [3.8, 4) is 0 Å². The van der Waals surface area contributed by atoms with Gasteiger partial charge in [0.15, 0.2) is 9.84 Å². The van der Waals surface area contributed by atoms with Crippen LogP contribution in [0.4, 0.5) is 10.1 Å². The molecule has 0 spiro atoms. The summed E-state index contributed by atoms with van der Waals surface area (Å²) in [4.78, 5) is 18.3. The lowest BCUT2D eigenvalue weighted by Gasteiger charge is -2.25. The minimum absolute atomic E-state index is 0.0909. The van der Waals surface area contributed by atoms with Gasteiger partial charge >= 0.3 is 0 Å². The Morgan fingerprint density at radius 2 is 2.04 bits per heavy atom. The number of aromatic nitrogens is 1. The molecule has 27 heavy (non-hydrogen) atoms. The van der Waals surface area contributed by atoms with E-state index in [-0.39, 0.29) is 35.0 Å². The molecule has 2 heterocycles. The van der Waals surface area contributed by atoms with E-state index in [9.17, 15) is 17.6 Å². The van der Waals surface area contributed by atoms with Gasteiger partial charge in [0.25, 0.3) is 5.91 Å². The molecule has 1 fully saturated rings. The number of hydrogen-bond acceptors (Lipinski definition) is 5. The van der Waals surface area contributed by atoms with Gasteiger partial charge in [-0.25, -0.2) is 12.8 Å². The molecule has 6 nitrogen and oxygen atoms in total. The number of rotatable bonds is 6. The van der Waals surface area contributed by atoms with Crippen LogP contribution < -0.4 is 10.2 Å². The molecule has 1 aliphatic heterocycles. The van der Waals surface area contributed by atoms with Gasteiger partial charge in [-0.3, -0.25) is 9.78 Å². The van der Waals surface area contributed by atoms with Crippen LogP contribution in [0, 0.1) is 5.82 Å². The largest absolute Gasteiger partial charge is 0.370 e. The van der Waals surface area contributed by atoms with Crippen molar-refractivity contribution in [2.24, 2.45) is 0 Å². The average Bonchev–Trinajstić information content (AvgIpc) is 3.02. The van der Waals surface area contributed by atoms with Crippen LogP contribution in [-0.2, 0) is 16.3 Å². The number of anilines is 1. The van der Waals surface area contributed by atoms with E-state index in [2.05, 4.69) is 10.3 Å². The summed E-state index contributed by atoms with van der Waals surface area (Å²) in [7, 11) is -1.15. The standard InChI is InChI=1S/C19H22FN3O3S/c1-23(17-8-11-27(25,26)13-17)16-7-10-21-18(12-16)19(24)22-9-6-14-2-4-15(20)5-3-14/h2-5,7,10,12,17H,6,8-9,11,13H2,1H3,(H,22,24). The Morgan fingerprint density at radius 3 is 2.70 bits per heavy atom. The van der Waals surface area contributed by atoms with Crippen molar-refractivity contribution < 1.29 is 17.6 Å². The van der Waals surface area contributed by atoms with Crippen molar-refractivity contribution in [2.45, 2.75) is 18.9 Å². The predicted octanol–water partition coefficient (Wildman–Crippen LogP) is 1.82. The predicted molar refractivity (Wildman–Crippen MR) is 102 cm³/mol. The van der Waals surface area contributed by atoms with E-state index >= 15 is 0 Å². The highest BCUT2D eigenvalue weighted by atomic mass is 32.2. The zero-order valence-electron chi connectivity index (χ0n) is 15.1. The molecule has 0 bridgehead atoms. The molecule has 1 amide bonds. The number of sulfone groups is 1. The maximum atomic E-state index is 12.9. The number of pyridine rings is 1. The first-order valence-electron chi connectivity index (χ1n) is 8.76. The minimum Gasteiger partial charge on any atom is -0.370 e. The topological polar surface area (TPSA) is 79.4 Å². The second-order valence-electron chi connectivity index (χ2n) is 6.70. The van der Waals surface area contributed by atoms with Crippen LogP contribution in [0.2, 0.25) is 0 Å². The Balaban J connectivity index is 1.59. The molecule has 1 aromatic carbocycles. The lowest BCUT2D eigenvalue weighted by molar-refractivity contribution is 0.0949. The van der Waals surface area contributed by atoms with E-state index in [4.69, 9.17) is 0 Å². The zero-order valence-corrected chi connectivity index (χ0v) is 15.9. The van der Waals surface area contributed by atoms with E-state index in [0.29, 0.717) is 19.4 Å². The van der Waals surface area contributed by atoms with Gasteiger partial charge in [0.1, 0.15) is 11.5 Å². The first-order chi connectivity index (χ1) is 12.8. The second-order valence-corrected chi connectivity index (χ2v) is 8.93. The highest BCUT2D eigenvalue weighted by molar-refractivity contribution is 7.91. The normalized spacial score (nSPS) is 18.2. The number of halogens is 1. The number of carbonyl (C=O) groups is 1. The van der Waals surface area contributed by atoms with Crippen molar-refractivity contribution in [3.05, 3.63) is 59.7 Å². The third-order valence-corrected chi connectivity index (χ3v) is 6.50. The Kier molecular flexibility index (Phi) is 5.74. The van der Waals surface area contributed by atoms with Crippen LogP contribution >= 0.6 is 0 Å². The van der Waals surface area contributed by atoms with Crippen LogP contribution in [0.5, 0.6) is 0 Å². The molecule has 2 aromatic rings. The van der Waals surface area contributed by atoms with Gasteiger partial charge in [-0.1, -0.05) is 12.1 Å². The van der Waals surface area contributed by atoms with Crippen LogP contribution in [0.1, 0.15) is 22.5 Å². The maximum absolute atomic E-state index is 12.9. The molecule has 1 atom stereocenters. The Bertz CT molecular complexity index is 916. The van der Waals surface area contributed by atoms with E-state index in [1.54, 1.807) is 30.5 Å². The fourth-order valence-electron chi connectivity index (χ4n) is 3.12. The molecule has 1 N–H and O–H groups in total. The minimum atomic E-state index is -2.98. The number of benzene rings is 1. The summed E-state index contributed by atoms with van der Waals surface area (Å²) >= 11 is 0. The zero-order chi connectivity index (χ0) is 19.4. The van der Waals surface area contributed by atoms with Crippen molar-refractivity contribution >= 4 is 21.4 Å². The molecular weight excluding hydrogens is 369 g/mol. The number of nitrogens with one attached hydrogen (secondary N) is 1. The van der Waals surface area contributed by atoms with Crippen molar-refractivity contribution in [3.63, 3.8) is 0 Å². The van der Waals surface area contributed by atoms with Gasteiger partial charge in [0.2, 0.25) is 0 Å². The summed E-state index contributed by atoms with van der Waals surface area (Å²) in [6.07, 6.45) is 2.72. The molecule has 8 heteroatoms. The summed E-state index contributed by atoms with van der Waals surface area (Å²) in [5.74, 6) is -0.260. The number of amides is 1. The smallest absolute Gasteiger partial charge is 0.269 e. The summed E-state index contributed by atoms with van der Waals surface area (Å²) in [5, 5.41) is 2.80. The van der Waals surface area contributed by atoms with Crippen LogP contribution in [-0.4, -0.2) is 50.4 Å². The van der Waals surface area contributed by atoms with E-state index < -0.39 is 9.84 Å². The highest BCUT2D eigenvalue weighted by Gasteiger charge is 2.31. The third kappa shape index (κ3) is 5.03.